The quantitative estimate of drug-likeness (QED) is 0.512. The number of nitrogens with two attached hydrogens (primary N) is 1. The molecule has 1 amide bonds. The van der Waals surface area contributed by atoms with Gasteiger partial charge in [-0.1, -0.05) is 18.2 Å². The van der Waals surface area contributed by atoms with E-state index in [4.69, 9.17) is 5.73 Å². The number of non-ortho nitro benzene ring substituents is 1. The van der Waals surface area contributed by atoms with E-state index in [9.17, 15) is 19.3 Å². The van der Waals surface area contributed by atoms with Crippen LogP contribution in [0.5, 0.6) is 0 Å². The number of hydrogen-bond acceptors (Lipinski definition) is 4. The molecule has 0 unspecified atom stereocenters. The van der Waals surface area contributed by atoms with Gasteiger partial charge in [0.05, 0.1) is 16.2 Å². The van der Waals surface area contributed by atoms with Crippen LogP contribution in [0.4, 0.5) is 15.8 Å². The Hall–Kier alpha value is -2.96. The molecule has 0 fully saturated rings. The average Bonchev–Trinajstić information content (AvgIpc) is 2.48. The number of benzene rings is 2. The lowest BCUT2D eigenvalue weighted by molar-refractivity contribution is -0.384. The maximum absolute atomic E-state index is 13.3. The van der Waals surface area contributed by atoms with Crippen LogP contribution < -0.4 is 11.1 Å². The van der Waals surface area contributed by atoms with Crippen LogP contribution in [0.1, 0.15) is 15.9 Å². The van der Waals surface area contributed by atoms with Gasteiger partial charge in [0.25, 0.3) is 11.6 Å². The van der Waals surface area contributed by atoms with Gasteiger partial charge in [-0.3, -0.25) is 14.9 Å². The first-order valence-electron chi connectivity index (χ1n) is 6.04. The highest BCUT2D eigenvalue weighted by Gasteiger charge is 2.12. The fourth-order valence-corrected chi connectivity index (χ4v) is 1.75. The molecule has 0 atom stereocenters. The summed E-state index contributed by atoms with van der Waals surface area (Å²) in [7, 11) is 0. The number of rotatable bonds is 4. The van der Waals surface area contributed by atoms with Gasteiger partial charge in [-0.25, -0.2) is 4.39 Å². The minimum Gasteiger partial charge on any atom is -0.396 e. The summed E-state index contributed by atoms with van der Waals surface area (Å²) in [6.45, 7) is 0.160. The van der Waals surface area contributed by atoms with Crippen molar-refractivity contribution in [3.63, 3.8) is 0 Å². The zero-order valence-electron chi connectivity index (χ0n) is 10.9. The smallest absolute Gasteiger partial charge is 0.269 e. The van der Waals surface area contributed by atoms with Gasteiger partial charge < -0.3 is 11.1 Å². The third-order valence-corrected chi connectivity index (χ3v) is 2.90. The van der Waals surface area contributed by atoms with Crippen molar-refractivity contribution in [2.24, 2.45) is 0 Å². The van der Waals surface area contributed by atoms with Crippen LogP contribution in [0.25, 0.3) is 0 Å². The van der Waals surface area contributed by atoms with Gasteiger partial charge in [0.2, 0.25) is 0 Å². The molecule has 0 saturated carbocycles. The van der Waals surface area contributed by atoms with E-state index in [1.54, 1.807) is 0 Å². The van der Waals surface area contributed by atoms with Gasteiger partial charge >= 0.3 is 0 Å². The van der Waals surface area contributed by atoms with Gasteiger partial charge in [0.1, 0.15) is 5.82 Å². The first-order chi connectivity index (χ1) is 9.99. The van der Waals surface area contributed by atoms with Gasteiger partial charge in [-0.05, 0) is 17.7 Å². The normalized spacial score (nSPS) is 10.1. The largest absolute Gasteiger partial charge is 0.396 e. The molecule has 7 heteroatoms. The topological polar surface area (TPSA) is 98.3 Å². The van der Waals surface area contributed by atoms with E-state index in [1.165, 1.54) is 42.5 Å². The summed E-state index contributed by atoms with van der Waals surface area (Å²) < 4.78 is 13.3. The maximum Gasteiger partial charge on any atom is 0.269 e. The molecule has 0 spiro atoms. The monoisotopic (exact) mass is 289 g/mol. The minimum atomic E-state index is -0.655. The second-order valence-electron chi connectivity index (χ2n) is 4.31. The first-order valence-corrected chi connectivity index (χ1v) is 6.04. The number of carbonyl (C=O) groups excluding carboxylic acids is 1. The van der Waals surface area contributed by atoms with Crippen LogP contribution >= 0.6 is 0 Å². The summed E-state index contributed by atoms with van der Waals surface area (Å²) in [5.74, 6) is -1.16. The van der Waals surface area contributed by atoms with Crippen molar-refractivity contribution in [1.82, 2.24) is 5.32 Å². The van der Waals surface area contributed by atoms with E-state index in [1.807, 2.05) is 0 Å². The van der Waals surface area contributed by atoms with Crippen LogP contribution in [0, 0.1) is 15.9 Å². The molecule has 2 aromatic rings. The van der Waals surface area contributed by atoms with Crippen molar-refractivity contribution in [2.45, 2.75) is 6.54 Å². The summed E-state index contributed by atoms with van der Waals surface area (Å²) >= 11 is 0. The molecule has 0 aliphatic rings. The number of hydrogen-bond donors (Lipinski definition) is 2. The lowest BCUT2D eigenvalue weighted by atomic mass is 10.1. The number of anilines is 1. The lowest BCUT2D eigenvalue weighted by Gasteiger charge is -2.08. The summed E-state index contributed by atoms with van der Waals surface area (Å²) in [4.78, 5) is 21.9. The molecule has 0 bridgehead atoms. The molecule has 0 heterocycles. The highest BCUT2D eigenvalue weighted by molar-refractivity contribution is 5.99. The van der Waals surface area contributed by atoms with Gasteiger partial charge in [-0.15, -0.1) is 0 Å². The zero-order chi connectivity index (χ0) is 15.4. The first kappa shape index (κ1) is 14.4. The molecule has 108 valence electrons. The third-order valence-electron chi connectivity index (χ3n) is 2.90. The molecule has 0 radical (unpaired) electrons. The van der Waals surface area contributed by atoms with E-state index in [0.29, 0.717) is 5.56 Å². The Labute approximate surface area is 119 Å². The van der Waals surface area contributed by atoms with Crippen LogP contribution in [0.2, 0.25) is 0 Å². The molecule has 0 aliphatic carbocycles. The van der Waals surface area contributed by atoms with E-state index in [0.717, 1.165) is 0 Å². The molecule has 2 aromatic carbocycles. The highest BCUT2D eigenvalue weighted by atomic mass is 19.1. The van der Waals surface area contributed by atoms with Gasteiger partial charge in [0, 0.05) is 18.7 Å². The predicted molar refractivity (Wildman–Crippen MR) is 75.1 cm³/mol. The number of carbonyl (C=O) groups is 1. The Morgan fingerprint density at radius 2 is 1.90 bits per heavy atom. The fraction of sp³-hybridized carbons (Fsp3) is 0.0714. The molecule has 0 aromatic heterocycles. The Morgan fingerprint density at radius 1 is 1.24 bits per heavy atom. The molecule has 21 heavy (non-hydrogen) atoms. The van der Waals surface area contributed by atoms with Crippen LogP contribution in [0.3, 0.4) is 0 Å². The number of halogens is 1. The molecule has 6 nitrogen and oxygen atoms in total. The average molecular weight is 289 g/mol. The SMILES string of the molecule is Nc1c(F)cccc1C(=O)NCc1ccc([N+](=O)[O-])cc1. The van der Waals surface area contributed by atoms with Crippen molar-refractivity contribution >= 4 is 17.3 Å². The van der Waals surface area contributed by atoms with Crippen LogP contribution in [0.15, 0.2) is 42.5 Å². The highest BCUT2D eigenvalue weighted by Crippen LogP contribution is 2.16. The number of nitrogens with zero attached hydrogens (tertiary/aromatic N) is 1. The Kier molecular flexibility index (Phi) is 4.13. The van der Waals surface area contributed by atoms with Crippen molar-refractivity contribution in [3.05, 3.63) is 69.5 Å². The minimum absolute atomic E-state index is 0.0283. The molecular formula is C14H12FN3O3. The Balaban J connectivity index is 2.04. The summed E-state index contributed by atoms with van der Waals surface area (Å²) in [5.41, 5.74) is 5.99. The van der Waals surface area contributed by atoms with Crippen molar-refractivity contribution in [1.29, 1.82) is 0 Å². The number of amides is 1. The lowest BCUT2D eigenvalue weighted by Crippen LogP contribution is -2.24. The Morgan fingerprint density at radius 3 is 2.52 bits per heavy atom. The van der Waals surface area contributed by atoms with Crippen LogP contribution in [-0.2, 0) is 6.54 Å². The zero-order valence-corrected chi connectivity index (χ0v) is 10.9. The molecule has 0 saturated heterocycles. The van der Waals surface area contributed by atoms with Crippen molar-refractivity contribution in [2.75, 3.05) is 5.73 Å². The Bertz CT molecular complexity index is 686. The van der Waals surface area contributed by atoms with Crippen molar-refractivity contribution in [3.8, 4) is 0 Å². The standard InChI is InChI=1S/C14H12FN3O3/c15-12-3-1-2-11(13(12)16)14(19)17-8-9-4-6-10(7-5-9)18(20)21/h1-7H,8,16H2,(H,17,19). The summed E-state index contributed by atoms with van der Waals surface area (Å²) in [6, 6.07) is 9.75. The molecule has 3 N–H and O–H groups in total. The third kappa shape index (κ3) is 3.33. The summed E-state index contributed by atoms with van der Waals surface area (Å²) in [5, 5.41) is 13.1. The van der Waals surface area contributed by atoms with E-state index in [-0.39, 0.29) is 23.5 Å². The maximum atomic E-state index is 13.3. The summed E-state index contributed by atoms with van der Waals surface area (Å²) in [6.07, 6.45) is 0. The van der Waals surface area contributed by atoms with Gasteiger partial charge in [-0.2, -0.15) is 0 Å². The van der Waals surface area contributed by atoms with E-state index >= 15 is 0 Å². The molecule has 2 rings (SSSR count). The number of nitrogens with one attached hydrogen (secondary N) is 1. The van der Waals surface area contributed by atoms with Crippen molar-refractivity contribution < 1.29 is 14.1 Å². The second-order valence-corrected chi connectivity index (χ2v) is 4.31. The van der Waals surface area contributed by atoms with Gasteiger partial charge in [0.15, 0.2) is 0 Å². The molecular weight excluding hydrogens is 277 g/mol. The number of nitro benzene ring substituents is 1. The predicted octanol–water partition coefficient (Wildman–Crippen LogP) is 2.25. The number of para-hydroxylation sites is 1. The van der Waals surface area contributed by atoms with Crippen LogP contribution in [-0.4, -0.2) is 10.8 Å². The fourth-order valence-electron chi connectivity index (χ4n) is 1.75. The van der Waals surface area contributed by atoms with E-state index < -0.39 is 16.6 Å². The van der Waals surface area contributed by atoms with E-state index in [2.05, 4.69) is 5.32 Å². The molecule has 0 aliphatic heterocycles. The number of nitrogen functional groups attached to an aromatic ring is 1. The second kappa shape index (κ2) is 6.00. The number of nitro groups is 1.